The second kappa shape index (κ2) is 2.84. The standard InChI is InChI=1S/C6HBF5/c7-1-2(8)4(10)6(12)5(11)3(1)9/h6H. The molecule has 12 heavy (non-hydrogen) atoms. The predicted molar refractivity (Wildman–Crippen MR) is 34.1 cm³/mol. The first kappa shape index (κ1) is 9.16. The Labute approximate surface area is 65.4 Å². The van der Waals surface area contributed by atoms with E-state index in [4.69, 9.17) is 0 Å². The molecule has 1 aliphatic rings. The van der Waals surface area contributed by atoms with Gasteiger partial charge < -0.3 is 0 Å². The van der Waals surface area contributed by atoms with Crippen molar-refractivity contribution >= 4 is 13.0 Å². The molecule has 63 valence electrons. The quantitative estimate of drug-likeness (QED) is 0.393. The van der Waals surface area contributed by atoms with Gasteiger partial charge in [-0.15, -0.1) is 0 Å². The van der Waals surface area contributed by atoms with Crippen LogP contribution in [0.3, 0.4) is 0 Å². The minimum absolute atomic E-state index is 1.35. The first-order valence-electron chi connectivity index (χ1n) is 2.84. The molecule has 0 aliphatic heterocycles. The van der Waals surface area contributed by atoms with Gasteiger partial charge in [-0.2, -0.15) is 0 Å². The van der Waals surface area contributed by atoms with Gasteiger partial charge >= 0.3 is 64.4 Å². The monoisotopic (exact) mass is 179 g/mol. The van der Waals surface area contributed by atoms with Crippen molar-refractivity contribution in [2.75, 3.05) is 0 Å². The predicted octanol–water partition coefficient (Wildman–Crippen LogP) is 1.98. The van der Waals surface area contributed by atoms with Gasteiger partial charge in [-0.25, -0.2) is 0 Å². The number of rotatable bonds is 0. The zero-order valence-corrected chi connectivity index (χ0v) is 5.54. The second-order valence-electron chi connectivity index (χ2n) is 2.10. The van der Waals surface area contributed by atoms with Crippen LogP contribution in [0.5, 0.6) is 0 Å². The normalized spacial score (nSPS) is 20.8. The third-order valence-electron chi connectivity index (χ3n) is 1.34. The summed E-state index contributed by atoms with van der Waals surface area (Å²) in [6.07, 6.45) is -3.02. The second-order valence-corrected chi connectivity index (χ2v) is 2.10. The molecule has 0 spiro atoms. The molecule has 0 N–H and O–H groups in total. The maximum absolute atomic E-state index is 12.3. The molecule has 0 aromatic heterocycles. The molecule has 0 aromatic carbocycles. The van der Waals surface area contributed by atoms with Gasteiger partial charge in [0, 0.05) is 0 Å². The van der Waals surface area contributed by atoms with E-state index < -0.39 is 34.9 Å². The Bertz CT molecular complexity index is 275. The summed E-state index contributed by atoms with van der Waals surface area (Å²) in [5, 5.41) is 0. The summed E-state index contributed by atoms with van der Waals surface area (Å²) < 4.78 is 61.3. The van der Waals surface area contributed by atoms with Crippen LogP contribution in [0.2, 0.25) is 0 Å². The molecular weight excluding hydrogens is 178 g/mol. The van der Waals surface area contributed by atoms with Crippen LogP contribution in [-0.4, -0.2) is 19.1 Å². The summed E-state index contributed by atoms with van der Waals surface area (Å²) in [6.45, 7) is 0. The van der Waals surface area contributed by atoms with Gasteiger partial charge in [-0.3, -0.25) is 0 Å². The Balaban J connectivity index is 3.22. The number of halogens is 5. The third kappa shape index (κ3) is 1.11. The van der Waals surface area contributed by atoms with Crippen molar-refractivity contribution in [3.8, 4) is 0 Å². The number of hydrogen-bond acceptors (Lipinski definition) is 0. The van der Waals surface area contributed by atoms with Gasteiger partial charge in [0.05, 0.1) is 0 Å². The van der Waals surface area contributed by atoms with Crippen molar-refractivity contribution in [2.45, 2.75) is 6.17 Å². The van der Waals surface area contributed by atoms with Crippen LogP contribution in [-0.2, 0) is 0 Å². The Hall–Kier alpha value is -0.935. The fourth-order valence-corrected chi connectivity index (χ4v) is 0.687. The van der Waals surface area contributed by atoms with Gasteiger partial charge in [-0.1, -0.05) is 0 Å². The van der Waals surface area contributed by atoms with E-state index in [9.17, 15) is 22.0 Å². The molecule has 0 atom stereocenters. The van der Waals surface area contributed by atoms with E-state index in [-0.39, 0.29) is 0 Å². The Morgan fingerprint density at radius 1 is 0.917 bits per heavy atom. The molecule has 6 heteroatoms. The van der Waals surface area contributed by atoms with E-state index in [2.05, 4.69) is 7.49 Å². The molecular formula is C6HBF5. The van der Waals surface area contributed by atoms with Crippen molar-refractivity contribution in [1.82, 2.24) is 0 Å². The molecule has 0 aromatic rings. The molecule has 0 heterocycles. The summed E-state index contributed by atoms with van der Waals surface area (Å²) >= 11 is 0. The van der Waals surface area contributed by atoms with Gasteiger partial charge in [0.15, 0.2) is 0 Å². The zero-order chi connectivity index (χ0) is 9.46. The molecule has 0 saturated heterocycles. The van der Waals surface area contributed by atoms with Crippen molar-refractivity contribution in [1.29, 1.82) is 0 Å². The fraction of sp³-hybridized carbons (Fsp3) is 0.167. The molecule has 0 amide bonds. The number of alkyl halides is 1. The van der Waals surface area contributed by atoms with Gasteiger partial charge in [0.25, 0.3) is 0 Å². The van der Waals surface area contributed by atoms with E-state index in [1.54, 1.807) is 0 Å². The van der Waals surface area contributed by atoms with Crippen LogP contribution >= 0.6 is 0 Å². The topological polar surface area (TPSA) is 0 Å². The minimum atomic E-state index is -3.02. The number of hydrogen-bond donors (Lipinski definition) is 0. The van der Waals surface area contributed by atoms with Gasteiger partial charge in [-0.05, 0) is 0 Å². The van der Waals surface area contributed by atoms with E-state index >= 15 is 0 Å². The Morgan fingerprint density at radius 2 is 1.25 bits per heavy atom. The van der Waals surface area contributed by atoms with Crippen LogP contribution < -0.4 is 0 Å². The summed E-state index contributed by atoms with van der Waals surface area (Å²) in [5.41, 5.74) is -1.35. The summed E-state index contributed by atoms with van der Waals surface area (Å²) in [7, 11) is 4.57. The van der Waals surface area contributed by atoms with Gasteiger partial charge in [0.1, 0.15) is 0 Å². The molecule has 0 saturated carbocycles. The maximum atomic E-state index is 12.3. The molecule has 0 nitrogen and oxygen atoms in total. The van der Waals surface area contributed by atoms with Crippen LogP contribution in [0.4, 0.5) is 22.0 Å². The molecule has 0 bridgehead atoms. The molecule has 0 unspecified atom stereocenters. The van der Waals surface area contributed by atoms with Crippen LogP contribution in [0.15, 0.2) is 23.3 Å². The average molecular weight is 179 g/mol. The first-order valence-corrected chi connectivity index (χ1v) is 2.84. The summed E-state index contributed by atoms with van der Waals surface area (Å²) in [4.78, 5) is 0. The third-order valence-corrected chi connectivity index (χ3v) is 1.34. The average Bonchev–Trinajstić information content (AvgIpc) is 2.08. The van der Waals surface area contributed by atoms with E-state index in [0.29, 0.717) is 0 Å². The van der Waals surface area contributed by atoms with Crippen LogP contribution in [0.1, 0.15) is 0 Å². The molecule has 1 rings (SSSR count). The van der Waals surface area contributed by atoms with Crippen LogP contribution in [0, 0.1) is 0 Å². The molecule has 0 fully saturated rings. The SMILES string of the molecule is [B]=C1C(F)=C(F)C(F)C(F)=C1F. The molecule has 1 radical (unpaired) electrons. The fourth-order valence-electron chi connectivity index (χ4n) is 0.687. The summed E-state index contributed by atoms with van der Waals surface area (Å²) in [6, 6.07) is 0. The first-order chi connectivity index (χ1) is 5.46. The Kier molecular flexibility index (Phi) is 2.17. The van der Waals surface area contributed by atoms with Crippen molar-refractivity contribution in [2.24, 2.45) is 0 Å². The number of allylic oxidation sites excluding steroid dienone is 4. The van der Waals surface area contributed by atoms with E-state index in [0.717, 1.165) is 0 Å². The van der Waals surface area contributed by atoms with Crippen molar-refractivity contribution in [3.05, 3.63) is 23.3 Å². The van der Waals surface area contributed by atoms with Crippen molar-refractivity contribution < 1.29 is 22.0 Å². The zero-order valence-electron chi connectivity index (χ0n) is 5.54. The van der Waals surface area contributed by atoms with E-state index in [1.165, 1.54) is 0 Å². The van der Waals surface area contributed by atoms with Gasteiger partial charge in [0.2, 0.25) is 0 Å². The van der Waals surface area contributed by atoms with E-state index in [1.807, 2.05) is 0 Å². The van der Waals surface area contributed by atoms with Crippen molar-refractivity contribution in [3.63, 3.8) is 0 Å². The summed E-state index contributed by atoms with van der Waals surface area (Å²) in [5.74, 6) is -7.85. The Morgan fingerprint density at radius 3 is 1.58 bits per heavy atom. The van der Waals surface area contributed by atoms with Crippen LogP contribution in [0.25, 0.3) is 0 Å². The molecule has 1 aliphatic carbocycles.